The summed E-state index contributed by atoms with van der Waals surface area (Å²) in [6.07, 6.45) is 4.43. The van der Waals surface area contributed by atoms with Crippen molar-refractivity contribution in [2.75, 3.05) is 13.2 Å². The van der Waals surface area contributed by atoms with Crippen LogP contribution in [0.3, 0.4) is 0 Å². The Labute approximate surface area is 76.2 Å². The minimum absolute atomic E-state index is 0.259. The largest absolute Gasteiger partial charge is 0.275 e. The molecular weight excluding hydrogens is 172 g/mol. The molecule has 0 N–H and O–H groups in total. The zero-order valence-electron chi connectivity index (χ0n) is 7.33. The highest BCUT2D eigenvalue weighted by Gasteiger charge is 2.21. The van der Waals surface area contributed by atoms with Crippen LogP contribution in [0.25, 0.3) is 0 Å². The van der Waals surface area contributed by atoms with Gasteiger partial charge in [-0.1, -0.05) is 0 Å². The van der Waals surface area contributed by atoms with E-state index in [1.165, 1.54) is 17.1 Å². The van der Waals surface area contributed by atoms with Gasteiger partial charge in [0.15, 0.2) is 0 Å². The quantitative estimate of drug-likeness (QED) is 0.473. The fraction of sp³-hybridized carbons (Fsp3) is 0.556. The van der Waals surface area contributed by atoms with Gasteiger partial charge >= 0.3 is 0 Å². The Bertz CT molecular complexity index is 220. The Balaban J connectivity index is 2.22. The Morgan fingerprint density at radius 1 is 1.08 bits per heavy atom. The van der Waals surface area contributed by atoms with E-state index < -0.39 is 0 Å². The van der Waals surface area contributed by atoms with Crippen molar-refractivity contribution in [3.8, 4) is 0 Å². The first kappa shape index (κ1) is 9.89. The first-order valence-electron chi connectivity index (χ1n) is 4.35. The number of alkyl halides is 1. The minimum atomic E-state index is -0.333. The molecule has 0 atom stereocenters. The third-order valence-corrected chi connectivity index (χ3v) is 1.92. The third-order valence-electron chi connectivity index (χ3n) is 1.92. The lowest BCUT2D eigenvalue weighted by molar-refractivity contribution is -0.136. The maximum absolute atomic E-state index is 11.7. The van der Waals surface area contributed by atoms with Gasteiger partial charge in [-0.25, -0.2) is 0 Å². The predicted octanol–water partition coefficient (Wildman–Crippen LogP) is 1.05. The number of unbranched alkanes of at least 4 members (excludes halogenated alkanes) is 2. The van der Waals surface area contributed by atoms with Crippen LogP contribution in [0.15, 0.2) is 12.2 Å². The number of halogens is 1. The first-order valence-corrected chi connectivity index (χ1v) is 4.35. The second-order valence-electron chi connectivity index (χ2n) is 2.91. The number of amides is 2. The second-order valence-corrected chi connectivity index (χ2v) is 2.91. The smallest absolute Gasteiger partial charge is 0.253 e. The number of hydrogen-bond acceptors (Lipinski definition) is 2. The van der Waals surface area contributed by atoms with Crippen LogP contribution < -0.4 is 0 Å². The zero-order chi connectivity index (χ0) is 9.68. The summed E-state index contributed by atoms with van der Waals surface area (Å²) in [5.74, 6) is -0.518. The number of carbonyl (C=O) groups excluding carboxylic acids is 2. The molecule has 2 amide bonds. The molecule has 0 aromatic rings. The molecule has 4 heteroatoms. The SMILES string of the molecule is O=C1C=CC(=O)N1CCCCC[18F]. The van der Waals surface area contributed by atoms with Crippen LogP contribution in [0.5, 0.6) is 0 Å². The van der Waals surface area contributed by atoms with E-state index in [0.717, 1.165) is 0 Å². The maximum Gasteiger partial charge on any atom is 0.253 e. The van der Waals surface area contributed by atoms with Crippen molar-refractivity contribution in [1.29, 1.82) is 0 Å². The minimum Gasteiger partial charge on any atom is -0.275 e. The highest BCUT2D eigenvalue weighted by Crippen LogP contribution is 2.06. The molecule has 0 spiro atoms. The van der Waals surface area contributed by atoms with Crippen molar-refractivity contribution in [3.63, 3.8) is 0 Å². The Hall–Kier alpha value is -1.19. The lowest BCUT2D eigenvalue weighted by atomic mass is 10.2. The van der Waals surface area contributed by atoms with Crippen molar-refractivity contribution in [1.82, 2.24) is 4.90 Å². The third kappa shape index (κ3) is 2.65. The van der Waals surface area contributed by atoms with E-state index in [4.69, 9.17) is 0 Å². The zero-order valence-corrected chi connectivity index (χ0v) is 7.33. The van der Waals surface area contributed by atoms with E-state index in [2.05, 4.69) is 0 Å². The lowest BCUT2D eigenvalue weighted by Crippen LogP contribution is -2.30. The number of imide groups is 1. The molecule has 3 nitrogen and oxygen atoms in total. The molecular formula is C9H12FNO2. The molecule has 0 saturated heterocycles. The molecule has 0 fully saturated rings. The van der Waals surface area contributed by atoms with Gasteiger partial charge in [0.1, 0.15) is 0 Å². The van der Waals surface area contributed by atoms with Crippen molar-refractivity contribution >= 4 is 11.8 Å². The molecule has 0 aromatic heterocycles. The van der Waals surface area contributed by atoms with Gasteiger partial charge in [0.25, 0.3) is 11.8 Å². The highest BCUT2D eigenvalue weighted by molar-refractivity contribution is 6.12. The van der Waals surface area contributed by atoms with Gasteiger partial charge in [-0.15, -0.1) is 0 Å². The second kappa shape index (κ2) is 4.74. The summed E-state index contributed by atoms with van der Waals surface area (Å²) in [6.45, 7) is 0.0742. The average molecular weight is 184 g/mol. The molecule has 72 valence electrons. The Morgan fingerprint density at radius 2 is 1.69 bits per heavy atom. The lowest BCUT2D eigenvalue weighted by Gasteiger charge is -2.12. The van der Waals surface area contributed by atoms with E-state index in [1.54, 1.807) is 0 Å². The molecule has 1 heterocycles. The molecule has 1 aliphatic heterocycles. The predicted molar refractivity (Wildman–Crippen MR) is 45.7 cm³/mol. The van der Waals surface area contributed by atoms with E-state index in [1.807, 2.05) is 0 Å². The average Bonchev–Trinajstić information content (AvgIpc) is 2.42. The first-order chi connectivity index (χ1) is 6.25. The number of hydrogen-bond donors (Lipinski definition) is 0. The molecule has 0 aromatic carbocycles. The van der Waals surface area contributed by atoms with Gasteiger partial charge in [0.2, 0.25) is 0 Å². The van der Waals surface area contributed by atoms with E-state index in [0.29, 0.717) is 25.8 Å². The fourth-order valence-corrected chi connectivity index (χ4v) is 1.19. The molecule has 1 rings (SSSR count). The summed E-state index contributed by atoms with van der Waals surface area (Å²) in [4.78, 5) is 23.2. The van der Waals surface area contributed by atoms with E-state index >= 15 is 0 Å². The van der Waals surface area contributed by atoms with Gasteiger partial charge in [-0.2, -0.15) is 0 Å². The Kier molecular flexibility index (Phi) is 3.61. The van der Waals surface area contributed by atoms with E-state index in [-0.39, 0.29) is 18.5 Å². The summed E-state index contributed by atoms with van der Waals surface area (Å²) in [5, 5.41) is 0. The van der Waals surface area contributed by atoms with Gasteiger partial charge in [0, 0.05) is 18.7 Å². The number of rotatable bonds is 5. The van der Waals surface area contributed by atoms with Crippen LogP contribution in [0.2, 0.25) is 0 Å². The van der Waals surface area contributed by atoms with Gasteiger partial charge < -0.3 is 0 Å². The summed E-state index contributed by atoms with van der Waals surface area (Å²) in [5.41, 5.74) is 0. The molecule has 0 radical (unpaired) electrons. The van der Waals surface area contributed by atoms with Crippen molar-refractivity contribution in [2.45, 2.75) is 19.3 Å². The maximum atomic E-state index is 11.7. The summed E-state index contributed by atoms with van der Waals surface area (Å²) in [6, 6.07) is 0. The van der Waals surface area contributed by atoms with Crippen LogP contribution in [-0.2, 0) is 9.59 Å². The number of nitrogens with zero attached hydrogens (tertiary/aromatic N) is 1. The van der Waals surface area contributed by atoms with Crippen molar-refractivity contribution in [3.05, 3.63) is 12.2 Å². The molecule has 0 unspecified atom stereocenters. The van der Waals surface area contributed by atoms with Crippen molar-refractivity contribution in [2.24, 2.45) is 0 Å². The standard InChI is InChI=1S/C9H12FNO2/c10-6-2-1-3-7-11-8(12)4-5-9(11)13/h4-5H,1-3,6-7H2/i10-1. The monoisotopic (exact) mass is 184 g/mol. The van der Waals surface area contributed by atoms with Crippen molar-refractivity contribution < 1.29 is 14.0 Å². The highest BCUT2D eigenvalue weighted by atomic mass is 18.2. The van der Waals surface area contributed by atoms with Gasteiger partial charge in [0.05, 0.1) is 6.67 Å². The summed E-state index contributed by atoms with van der Waals surface area (Å²) >= 11 is 0. The normalized spacial score (nSPS) is 15.9. The summed E-state index contributed by atoms with van der Waals surface area (Å²) < 4.78 is 11.7. The molecule has 0 bridgehead atoms. The van der Waals surface area contributed by atoms with Crippen LogP contribution in [-0.4, -0.2) is 29.9 Å². The van der Waals surface area contributed by atoms with Crippen LogP contribution in [0, 0.1) is 0 Å². The number of carbonyl (C=O) groups is 2. The topological polar surface area (TPSA) is 37.4 Å². The van der Waals surface area contributed by atoms with Gasteiger partial charge in [-0.05, 0) is 19.3 Å². The molecule has 0 saturated carbocycles. The fourth-order valence-electron chi connectivity index (χ4n) is 1.19. The van der Waals surface area contributed by atoms with Gasteiger partial charge in [-0.3, -0.25) is 18.9 Å². The Morgan fingerprint density at radius 3 is 2.23 bits per heavy atom. The summed E-state index contributed by atoms with van der Waals surface area (Å²) in [7, 11) is 0. The van der Waals surface area contributed by atoms with Crippen LogP contribution >= 0.6 is 0 Å². The van der Waals surface area contributed by atoms with E-state index in [9.17, 15) is 14.0 Å². The molecule has 0 aliphatic carbocycles. The van der Waals surface area contributed by atoms with Crippen LogP contribution in [0.1, 0.15) is 19.3 Å². The molecule has 13 heavy (non-hydrogen) atoms. The molecule has 1 aliphatic rings. The van der Waals surface area contributed by atoms with Crippen LogP contribution in [0.4, 0.5) is 4.39 Å².